The summed E-state index contributed by atoms with van der Waals surface area (Å²) >= 11 is 0. The zero-order chi connectivity index (χ0) is 23.1. The van der Waals surface area contributed by atoms with Crippen molar-refractivity contribution >= 4 is 33.1 Å². The third-order valence-electron chi connectivity index (χ3n) is 4.86. The van der Waals surface area contributed by atoms with Crippen LogP contribution in [0.4, 0.5) is 11.4 Å². The van der Waals surface area contributed by atoms with Crippen molar-refractivity contribution in [2.45, 2.75) is 50.5 Å². The molecule has 0 radical (unpaired) electrons. The molecule has 0 saturated heterocycles. The first-order valence-corrected chi connectivity index (χ1v) is 11.8. The molecule has 1 unspecified atom stereocenters. The van der Waals surface area contributed by atoms with E-state index < -0.39 is 22.1 Å². The van der Waals surface area contributed by atoms with E-state index in [1.165, 1.54) is 25.0 Å². The second-order valence-corrected chi connectivity index (χ2v) is 8.74. The Morgan fingerprint density at radius 3 is 2.33 bits per heavy atom. The van der Waals surface area contributed by atoms with Gasteiger partial charge in [0, 0.05) is 0 Å². The van der Waals surface area contributed by atoms with E-state index in [1.807, 2.05) is 12.1 Å². The van der Waals surface area contributed by atoms with Crippen molar-refractivity contribution < 1.29 is 52.1 Å². The Morgan fingerprint density at radius 2 is 1.73 bits per heavy atom. The van der Waals surface area contributed by atoms with Crippen LogP contribution >= 0.6 is 0 Å². The van der Waals surface area contributed by atoms with E-state index in [0.29, 0.717) is 23.7 Å². The van der Waals surface area contributed by atoms with Gasteiger partial charge < -0.3 is 9.29 Å². The van der Waals surface area contributed by atoms with Crippen LogP contribution in [0.15, 0.2) is 68.8 Å². The molecule has 1 heterocycles. The van der Waals surface area contributed by atoms with E-state index in [1.54, 1.807) is 19.1 Å². The van der Waals surface area contributed by atoms with Crippen molar-refractivity contribution in [3.8, 4) is 5.75 Å². The van der Waals surface area contributed by atoms with Crippen molar-refractivity contribution in [1.82, 2.24) is 0 Å². The van der Waals surface area contributed by atoms with Gasteiger partial charge in [0.2, 0.25) is 0 Å². The summed E-state index contributed by atoms with van der Waals surface area (Å²) in [5.41, 5.74) is 1.36. The van der Waals surface area contributed by atoms with Gasteiger partial charge in [0.1, 0.15) is 15.9 Å². The van der Waals surface area contributed by atoms with E-state index in [0.717, 1.165) is 35.7 Å². The van der Waals surface area contributed by atoms with Crippen LogP contribution in [-0.2, 0) is 14.9 Å². The molecule has 2 aromatic rings. The third kappa shape index (κ3) is 7.44. The van der Waals surface area contributed by atoms with Crippen LogP contribution < -0.4 is 39.3 Å². The molecule has 0 aliphatic carbocycles. The molecule has 33 heavy (non-hydrogen) atoms. The minimum Gasteiger partial charge on any atom is -0.744 e. The Labute approximate surface area is 216 Å². The first-order valence-electron chi connectivity index (χ1n) is 10.4. The van der Waals surface area contributed by atoms with E-state index in [9.17, 15) is 17.8 Å². The molecule has 0 aromatic heterocycles. The molecular formula is C22H25N4NaO5S. The van der Waals surface area contributed by atoms with Gasteiger partial charge in [-0.15, -0.1) is 0 Å². The predicted molar refractivity (Wildman–Crippen MR) is 119 cm³/mol. The Bertz CT molecular complexity index is 1100. The number of unbranched alkanes of at least 4 members (excludes halogenated alkanes) is 3. The summed E-state index contributed by atoms with van der Waals surface area (Å²) in [6.07, 6.45) is 4.56. The summed E-state index contributed by atoms with van der Waals surface area (Å²) in [7, 11) is -4.56. The second-order valence-electron chi connectivity index (χ2n) is 7.36. The molecule has 0 spiro atoms. The third-order valence-corrected chi connectivity index (χ3v) is 5.71. The summed E-state index contributed by atoms with van der Waals surface area (Å²) in [4.78, 5) is 12.3. The van der Waals surface area contributed by atoms with Crippen LogP contribution in [0, 0.1) is 0 Å². The quantitative estimate of drug-likeness (QED) is 0.220. The fraction of sp³-hybridized carbons (Fsp3) is 0.364. The van der Waals surface area contributed by atoms with Gasteiger partial charge >= 0.3 is 29.6 Å². The number of carbonyl (C=O) groups is 1. The minimum absolute atomic E-state index is 0. The number of anilines is 1. The summed E-state index contributed by atoms with van der Waals surface area (Å²) < 4.78 is 38.9. The Balaban J connectivity index is 0.00000385. The Kier molecular flexibility index (Phi) is 10.2. The van der Waals surface area contributed by atoms with Gasteiger partial charge in [0.25, 0.3) is 5.91 Å². The van der Waals surface area contributed by atoms with Gasteiger partial charge in [-0.1, -0.05) is 26.2 Å². The molecule has 0 saturated carbocycles. The zero-order valence-electron chi connectivity index (χ0n) is 19.0. The fourth-order valence-corrected chi connectivity index (χ4v) is 3.55. The first kappa shape index (κ1) is 27.1. The molecular weight excluding hydrogens is 455 g/mol. The van der Waals surface area contributed by atoms with E-state index >= 15 is 0 Å². The normalized spacial score (nSPS) is 16.1. The number of nitrogens with zero attached hydrogens (tertiary/aromatic N) is 4. The van der Waals surface area contributed by atoms with Gasteiger partial charge in [0.15, 0.2) is 6.04 Å². The molecule has 9 nitrogen and oxygen atoms in total. The topological polar surface area (TPSA) is 124 Å². The van der Waals surface area contributed by atoms with E-state index in [2.05, 4.69) is 22.3 Å². The SMILES string of the molecule is CCCCCCOc1ccc(N=NC2C(=O)N(c3ccc(S(=O)(=O)[O-])cc3)N=C2C)cc1.[Na+]. The number of ether oxygens (including phenoxy) is 1. The van der Waals surface area contributed by atoms with Crippen molar-refractivity contribution in [3.05, 3.63) is 48.5 Å². The molecule has 1 atom stereocenters. The van der Waals surface area contributed by atoms with Crippen molar-refractivity contribution in [3.63, 3.8) is 0 Å². The van der Waals surface area contributed by atoms with Gasteiger partial charge in [-0.05, 0) is 61.9 Å². The zero-order valence-corrected chi connectivity index (χ0v) is 21.8. The van der Waals surface area contributed by atoms with Crippen LogP contribution in [0.5, 0.6) is 5.75 Å². The number of carbonyl (C=O) groups excluding carboxylic acids is 1. The molecule has 2 aromatic carbocycles. The van der Waals surface area contributed by atoms with Crippen molar-refractivity contribution in [2.75, 3.05) is 11.6 Å². The predicted octanol–water partition coefficient (Wildman–Crippen LogP) is 1.43. The number of azo groups is 1. The number of hydrazone groups is 1. The first-order chi connectivity index (χ1) is 15.3. The Hall–Kier alpha value is -2.11. The van der Waals surface area contributed by atoms with Crippen molar-refractivity contribution in [1.29, 1.82) is 0 Å². The van der Waals surface area contributed by atoms with Gasteiger partial charge in [-0.25, -0.2) is 8.42 Å². The van der Waals surface area contributed by atoms with Crippen LogP contribution in [0.1, 0.15) is 39.5 Å². The number of hydrogen-bond acceptors (Lipinski definition) is 8. The average Bonchev–Trinajstić information content (AvgIpc) is 3.06. The largest absolute Gasteiger partial charge is 1.00 e. The molecule has 3 rings (SSSR count). The maximum Gasteiger partial charge on any atom is 1.00 e. The molecule has 0 fully saturated rings. The van der Waals surface area contributed by atoms with Gasteiger partial charge in [-0.3, -0.25) is 4.79 Å². The van der Waals surface area contributed by atoms with E-state index in [4.69, 9.17) is 4.74 Å². The molecule has 0 N–H and O–H groups in total. The summed E-state index contributed by atoms with van der Waals surface area (Å²) in [6.45, 7) is 4.50. The smallest absolute Gasteiger partial charge is 0.744 e. The standard InChI is InChI=1S/C22H26N4O5S.Na/c1-3-4-5-6-15-31-19-11-7-17(8-12-19)23-24-21-16(2)25-26(22(21)27)18-9-13-20(14-10-18)32(28,29)30;/h7-14,21H,3-6,15H2,1-2H3,(H,28,29,30);/q;+1/p-1. The number of benzene rings is 2. The fourth-order valence-electron chi connectivity index (χ4n) is 3.08. The van der Waals surface area contributed by atoms with Crippen LogP contribution in [0.3, 0.4) is 0 Å². The average molecular weight is 481 g/mol. The summed E-state index contributed by atoms with van der Waals surface area (Å²) in [5.74, 6) is 0.334. The number of rotatable bonds is 10. The van der Waals surface area contributed by atoms with Gasteiger partial charge in [0.05, 0.1) is 28.6 Å². The molecule has 1 aliphatic heterocycles. The maximum atomic E-state index is 12.7. The number of amides is 1. The maximum absolute atomic E-state index is 12.7. The van der Waals surface area contributed by atoms with Crippen molar-refractivity contribution in [2.24, 2.45) is 15.3 Å². The van der Waals surface area contributed by atoms with Crippen LogP contribution in [0.2, 0.25) is 0 Å². The summed E-state index contributed by atoms with van der Waals surface area (Å²) in [6, 6.07) is 11.2. The minimum atomic E-state index is -4.56. The molecule has 11 heteroatoms. The summed E-state index contributed by atoms with van der Waals surface area (Å²) in [5, 5.41) is 13.6. The molecule has 1 amide bonds. The molecule has 0 bridgehead atoms. The van der Waals surface area contributed by atoms with Crippen LogP contribution in [0.25, 0.3) is 0 Å². The molecule has 170 valence electrons. The second kappa shape index (κ2) is 12.4. The number of hydrogen-bond donors (Lipinski definition) is 0. The molecule has 1 aliphatic rings. The van der Waals surface area contributed by atoms with Crippen LogP contribution in [-0.4, -0.2) is 37.2 Å². The van der Waals surface area contributed by atoms with Gasteiger partial charge in [-0.2, -0.15) is 20.3 Å². The Morgan fingerprint density at radius 1 is 1.06 bits per heavy atom. The monoisotopic (exact) mass is 480 g/mol. The van der Waals surface area contributed by atoms with E-state index in [-0.39, 0.29) is 34.5 Å².